The fraction of sp³-hybridized carbons (Fsp3) is 0.615. The van der Waals surface area contributed by atoms with Crippen LogP contribution in [0.15, 0.2) is 36.7 Å². The number of benzene rings is 1. The minimum Gasteiger partial charge on any atom is -0.493 e. The van der Waals surface area contributed by atoms with Gasteiger partial charge in [0.15, 0.2) is 0 Å². The largest absolute Gasteiger partial charge is 0.493 e. The number of rotatable bonds is 8. The summed E-state index contributed by atoms with van der Waals surface area (Å²) in [5, 5.41) is 4.25. The van der Waals surface area contributed by atoms with Crippen molar-refractivity contribution in [2.24, 2.45) is 18.9 Å². The number of amides is 1. The Hall–Kier alpha value is -2.34. The van der Waals surface area contributed by atoms with Gasteiger partial charge in [-0.3, -0.25) is 14.4 Å². The lowest BCUT2D eigenvalue weighted by atomic mass is 9.87. The first kappa shape index (κ1) is 22.8. The number of aromatic nitrogens is 2. The lowest BCUT2D eigenvalue weighted by Gasteiger charge is -2.35. The Balaban J connectivity index is 1.25. The second-order valence-electron chi connectivity index (χ2n) is 9.78. The number of hydrogen-bond donors (Lipinski definition) is 0. The van der Waals surface area contributed by atoms with Gasteiger partial charge in [-0.05, 0) is 50.4 Å². The van der Waals surface area contributed by atoms with Crippen LogP contribution in [0.2, 0.25) is 0 Å². The maximum absolute atomic E-state index is 12.9. The minimum absolute atomic E-state index is 0.267. The molecule has 0 radical (unpaired) electrons. The summed E-state index contributed by atoms with van der Waals surface area (Å²) in [5.74, 6) is 2.01. The van der Waals surface area contributed by atoms with Crippen LogP contribution >= 0.6 is 0 Å². The molecule has 1 unspecified atom stereocenters. The molecule has 2 heterocycles. The zero-order chi connectivity index (χ0) is 22.3. The zero-order valence-electron chi connectivity index (χ0n) is 19.7. The Labute approximate surface area is 192 Å². The van der Waals surface area contributed by atoms with E-state index in [0.29, 0.717) is 18.4 Å². The molecule has 1 aliphatic heterocycles. The van der Waals surface area contributed by atoms with Crippen molar-refractivity contribution >= 4 is 5.91 Å². The quantitative estimate of drug-likeness (QED) is 0.618. The summed E-state index contributed by atoms with van der Waals surface area (Å²) < 4.78 is 8.03. The van der Waals surface area contributed by atoms with Crippen LogP contribution in [-0.2, 0) is 24.9 Å². The highest BCUT2D eigenvalue weighted by molar-refractivity contribution is 5.79. The lowest BCUT2D eigenvalue weighted by Crippen LogP contribution is -2.44. The van der Waals surface area contributed by atoms with Gasteiger partial charge in [-0.2, -0.15) is 5.10 Å². The van der Waals surface area contributed by atoms with Crippen LogP contribution in [0.1, 0.15) is 56.1 Å². The minimum atomic E-state index is 0.267. The molecule has 32 heavy (non-hydrogen) atoms. The third-order valence-corrected chi connectivity index (χ3v) is 6.83. The molecule has 174 valence electrons. The molecule has 4 rings (SSSR count). The van der Waals surface area contributed by atoms with E-state index in [0.717, 1.165) is 57.6 Å². The van der Waals surface area contributed by atoms with Crippen molar-refractivity contribution in [1.82, 2.24) is 19.6 Å². The molecule has 6 heteroatoms. The van der Waals surface area contributed by atoms with Crippen molar-refractivity contribution in [3.63, 3.8) is 0 Å². The topological polar surface area (TPSA) is 50.6 Å². The Kier molecular flexibility index (Phi) is 7.85. The van der Waals surface area contributed by atoms with Crippen LogP contribution in [-0.4, -0.2) is 52.2 Å². The molecule has 0 bridgehead atoms. The van der Waals surface area contributed by atoms with Crippen LogP contribution in [0, 0.1) is 11.8 Å². The standard InChI is InChI=1S/C26H38N4O2/c1-28(17-23-15-27-29(2)18-23)16-21-8-6-12-25(14-21)32-20-22-9-7-13-30(19-22)26(31)24-10-4-3-5-11-24/h6,8,12,14-15,18,22,24H,3-5,7,9-11,13,16-17,19-20H2,1-2H3. The fourth-order valence-corrected chi connectivity index (χ4v) is 5.19. The monoisotopic (exact) mass is 438 g/mol. The third kappa shape index (κ3) is 6.35. The summed E-state index contributed by atoms with van der Waals surface area (Å²) in [6.45, 7) is 4.18. The number of ether oxygens (including phenoxy) is 1. The highest BCUT2D eigenvalue weighted by Crippen LogP contribution is 2.28. The second kappa shape index (κ2) is 11.0. The first-order valence-electron chi connectivity index (χ1n) is 12.2. The van der Waals surface area contributed by atoms with Gasteiger partial charge in [0.25, 0.3) is 0 Å². The average molecular weight is 439 g/mol. The molecule has 1 saturated carbocycles. The van der Waals surface area contributed by atoms with Gasteiger partial charge in [-0.25, -0.2) is 0 Å². The van der Waals surface area contributed by atoms with E-state index in [-0.39, 0.29) is 5.92 Å². The van der Waals surface area contributed by atoms with Gasteiger partial charge < -0.3 is 9.64 Å². The maximum Gasteiger partial charge on any atom is 0.225 e. The molecule has 0 N–H and O–H groups in total. The zero-order valence-corrected chi connectivity index (χ0v) is 19.7. The van der Waals surface area contributed by atoms with Gasteiger partial charge in [0.05, 0.1) is 12.8 Å². The van der Waals surface area contributed by atoms with Crippen LogP contribution in [0.4, 0.5) is 0 Å². The molecule has 2 aliphatic rings. The van der Waals surface area contributed by atoms with Gasteiger partial charge in [0.1, 0.15) is 5.75 Å². The van der Waals surface area contributed by atoms with Crippen molar-refractivity contribution < 1.29 is 9.53 Å². The third-order valence-electron chi connectivity index (χ3n) is 6.83. The van der Waals surface area contributed by atoms with Gasteiger partial charge in [-0.15, -0.1) is 0 Å². The van der Waals surface area contributed by atoms with Crippen LogP contribution in [0.5, 0.6) is 5.75 Å². The van der Waals surface area contributed by atoms with E-state index in [1.165, 1.54) is 30.4 Å². The van der Waals surface area contributed by atoms with E-state index in [1.54, 1.807) is 0 Å². The smallest absolute Gasteiger partial charge is 0.225 e. The number of hydrogen-bond acceptors (Lipinski definition) is 4. The highest BCUT2D eigenvalue weighted by atomic mass is 16.5. The van der Waals surface area contributed by atoms with E-state index < -0.39 is 0 Å². The maximum atomic E-state index is 12.9. The Morgan fingerprint density at radius 3 is 2.72 bits per heavy atom. The summed E-state index contributed by atoms with van der Waals surface area (Å²) in [4.78, 5) is 17.3. The van der Waals surface area contributed by atoms with Crippen molar-refractivity contribution in [3.05, 3.63) is 47.8 Å². The molecule has 1 amide bonds. The Morgan fingerprint density at radius 2 is 1.94 bits per heavy atom. The first-order valence-corrected chi connectivity index (χ1v) is 12.2. The first-order chi connectivity index (χ1) is 15.6. The number of aryl methyl sites for hydroxylation is 1. The van der Waals surface area contributed by atoms with Crippen LogP contribution in [0.25, 0.3) is 0 Å². The summed E-state index contributed by atoms with van der Waals surface area (Å²) in [7, 11) is 4.07. The van der Waals surface area contributed by atoms with Gasteiger partial charge in [0, 0.05) is 56.8 Å². The molecule has 1 aliphatic carbocycles. The number of carbonyl (C=O) groups is 1. The fourth-order valence-electron chi connectivity index (χ4n) is 5.19. The molecule has 6 nitrogen and oxygen atoms in total. The van der Waals surface area contributed by atoms with Crippen LogP contribution < -0.4 is 4.74 Å². The van der Waals surface area contributed by atoms with Crippen molar-refractivity contribution in [2.75, 3.05) is 26.7 Å². The average Bonchev–Trinajstić information content (AvgIpc) is 3.22. The molecule has 2 fully saturated rings. The molecule has 0 spiro atoms. The van der Waals surface area contributed by atoms with Gasteiger partial charge in [-0.1, -0.05) is 31.4 Å². The predicted molar refractivity (Wildman–Crippen MR) is 126 cm³/mol. The van der Waals surface area contributed by atoms with Crippen molar-refractivity contribution in [1.29, 1.82) is 0 Å². The molecular formula is C26H38N4O2. The molecule has 1 aromatic carbocycles. The normalized spacial score (nSPS) is 20.0. The summed E-state index contributed by atoms with van der Waals surface area (Å²) in [5.41, 5.74) is 2.46. The van der Waals surface area contributed by atoms with Crippen LogP contribution in [0.3, 0.4) is 0 Å². The number of nitrogens with zero attached hydrogens (tertiary/aromatic N) is 4. The van der Waals surface area contributed by atoms with Crippen molar-refractivity contribution in [3.8, 4) is 5.75 Å². The second-order valence-corrected chi connectivity index (χ2v) is 9.78. The van der Waals surface area contributed by atoms with Gasteiger partial charge in [0.2, 0.25) is 5.91 Å². The Morgan fingerprint density at radius 1 is 1.12 bits per heavy atom. The molecular weight excluding hydrogens is 400 g/mol. The van der Waals surface area contributed by atoms with E-state index in [4.69, 9.17) is 4.74 Å². The predicted octanol–water partition coefficient (Wildman–Crippen LogP) is 4.25. The summed E-state index contributed by atoms with van der Waals surface area (Å²) >= 11 is 0. The Bertz CT molecular complexity index is 874. The number of piperidine rings is 1. The molecule has 1 aromatic heterocycles. The van der Waals surface area contributed by atoms with E-state index in [9.17, 15) is 4.79 Å². The molecule has 2 aromatic rings. The van der Waals surface area contributed by atoms with Gasteiger partial charge >= 0.3 is 0 Å². The summed E-state index contributed by atoms with van der Waals surface area (Å²) in [6, 6.07) is 8.41. The SMILES string of the molecule is CN(Cc1cccc(OCC2CCCN(C(=O)C3CCCCC3)C2)c1)Cc1cnn(C)c1. The highest BCUT2D eigenvalue weighted by Gasteiger charge is 2.30. The van der Waals surface area contributed by atoms with Crippen molar-refractivity contribution in [2.45, 2.75) is 58.0 Å². The van der Waals surface area contributed by atoms with E-state index >= 15 is 0 Å². The number of likely N-dealkylation sites (tertiary alicyclic amines) is 1. The summed E-state index contributed by atoms with van der Waals surface area (Å²) in [6.07, 6.45) is 12.1. The lowest BCUT2D eigenvalue weighted by molar-refractivity contribution is -0.138. The number of carbonyl (C=O) groups excluding carboxylic acids is 1. The molecule has 1 saturated heterocycles. The van der Waals surface area contributed by atoms with E-state index in [1.807, 2.05) is 24.0 Å². The van der Waals surface area contributed by atoms with E-state index in [2.05, 4.69) is 46.3 Å². The molecule has 1 atom stereocenters.